The quantitative estimate of drug-likeness (QED) is 0.820. The maximum Gasteiger partial charge on any atom is 0.0471 e. The van der Waals surface area contributed by atoms with Crippen LogP contribution in [-0.2, 0) is 11.2 Å². The van der Waals surface area contributed by atoms with E-state index >= 15 is 0 Å². The lowest BCUT2D eigenvalue weighted by molar-refractivity contribution is 0.0853. The summed E-state index contributed by atoms with van der Waals surface area (Å²) in [6.07, 6.45) is 3.31. The van der Waals surface area contributed by atoms with Gasteiger partial charge in [-0.1, -0.05) is 24.3 Å². The van der Waals surface area contributed by atoms with Crippen molar-refractivity contribution in [2.24, 2.45) is 5.73 Å². The molecule has 2 rings (SSSR count). The molecule has 2 nitrogen and oxygen atoms in total. The van der Waals surface area contributed by atoms with E-state index in [-0.39, 0.29) is 0 Å². The Labute approximate surface area is 91.4 Å². The SMILES string of the molecule is NCCc1ccc(C2CCOCC2)cc1. The number of benzene rings is 1. The van der Waals surface area contributed by atoms with Crippen molar-refractivity contribution < 1.29 is 4.74 Å². The summed E-state index contributed by atoms with van der Waals surface area (Å²) >= 11 is 0. The predicted molar refractivity (Wildman–Crippen MR) is 62.0 cm³/mol. The summed E-state index contributed by atoms with van der Waals surface area (Å²) in [4.78, 5) is 0. The molecule has 0 unspecified atom stereocenters. The fourth-order valence-corrected chi connectivity index (χ4v) is 2.15. The van der Waals surface area contributed by atoms with E-state index in [1.165, 1.54) is 11.1 Å². The van der Waals surface area contributed by atoms with E-state index < -0.39 is 0 Å². The second-order valence-corrected chi connectivity index (χ2v) is 4.17. The average Bonchev–Trinajstić information content (AvgIpc) is 2.32. The lowest BCUT2D eigenvalue weighted by Crippen LogP contribution is -2.14. The third-order valence-corrected chi connectivity index (χ3v) is 3.11. The van der Waals surface area contributed by atoms with Crippen molar-refractivity contribution in [1.82, 2.24) is 0 Å². The monoisotopic (exact) mass is 205 g/mol. The van der Waals surface area contributed by atoms with E-state index in [0.29, 0.717) is 5.92 Å². The Morgan fingerprint density at radius 1 is 1.13 bits per heavy atom. The second-order valence-electron chi connectivity index (χ2n) is 4.17. The van der Waals surface area contributed by atoms with Gasteiger partial charge in [-0.05, 0) is 42.9 Å². The molecule has 1 heterocycles. The lowest BCUT2D eigenvalue weighted by atomic mass is 9.91. The van der Waals surface area contributed by atoms with Gasteiger partial charge in [0.15, 0.2) is 0 Å². The molecule has 1 aromatic carbocycles. The average molecular weight is 205 g/mol. The Morgan fingerprint density at radius 3 is 2.40 bits per heavy atom. The van der Waals surface area contributed by atoms with Crippen LogP contribution in [0.1, 0.15) is 29.9 Å². The molecule has 0 aliphatic carbocycles. The Bertz CT molecular complexity index is 288. The molecule has 15 heavy (non-hydrogen) atoms. The molecule has 1 aliphatic rings. The predicted octanol–water partition coefficient (Wildman–Crippen LogP) is 2.08. The van der Waals surface area contributed by atoms with Crippen LogP contribution in [0.3, 0.4) is 0 Å². The van der Waals surface area contributed by atoms with E-state index in [1.54, 1.807) is 0 Å². The van der Waals surface area contributed by atoms with Gasteiger partial charge in [0.05, 0.1) is 0 Å². The first-order chi connectivity index (χ1) is 7.40. The summed E-state index contributed by atoms with van der Waals surface area (Å²) in [6.45, 7) is 2.56. The van der Waals surface area contributed by atoms with Crippen LogP contribution in [0.15, 0.2) is 24.3 Å². The molecular weight excluding hydrogens is 186 g/mol. The molecule has 82 valence electrons. The van der Waals surface area contributed by atoms with Crippen molar-refractivity contribution in [1.29, 1.82) is 0 Å². The molecule has 2 heteroatoms. The first kappa shape index (κ1) is 10.7. The molecule has 1 aromatic rings. The topological polar surface area (TPSA) is 35.2 Å². The molecule has 1 aliphatic heterocycles. The normalized spacial score (nSPS) is 17.9. The molecule has 1 fully saturated rings. The maximum atomic E-state index is 5.52. The number of nitrogens with two attached hydrogens (primary N) is 1. The summed E-state index contributed by atoms with van der Waals surface area (Å²) < 4.78 is 5.37. The number of ether oxygens (including phenoxy) is 1. The van der Waals surface area contributed by atoms with E-state index in [1.807, 2.05) is 0 Å². The van der Waals surface area contributed by atoms with E-state index in [4.69, 9.17) is 10.5 Å². The summed E-state index contributed by atoms with van der Waals surface area (Å²) in [6, 6.07) is 8.91. The first-order valence-corrected chi connectivity index (χ1v) is 5.77. The van der Waals surface area contributed by atoms with Crippen LogP contribution in [0.25, 0.3) is 0 Å². The molecule has 0 amide bonds. The highest BCUT2D eigenvalue weighted by atomic mass is 16.5. The van der Waals surface area contributed by atoms with Gasteiger partial charge in [0.1, 0.15) is 0 Å². The Kier molecular flexibility index (Phi) is 3.75. The van der Waals surface area contributed by atoms with Crippen LogP contribution < -0.4 is 5.73 Å². The zero-order valence-corrected chi connectivity index (χ0v) is 9.11. The molecule has 1 saturated heterocycles. The van der Waals surface area contributed by atoms with Crippen molar-refractivity contribution in [3.8, 4) is 0 Å². The minimum atomic E-state index is 0.700. The largest absolute Gasteiger partial charge is 0.381 e. The van der Waals surface area contributed by atoms with Gasteiger partial charge in [0, 0.05) is 13.2 Å². The molecular formula is C13H19NO. The third kappa shape index (κ3) is 2.80. The van der Waals surface area contributed by atoms with Crippen LogP contribution in [0.2, 0.25) is 0 Å². The van der Waals surface area contributed by atoms with Gasteiger partial charge < -0.3 is 10.5 Å². The molecule has 0 bridgehead atoms. The molecule has 0 aromatic heterocycles. The van der Waals surface area contributed by atoms with Gasteiger partial charge in [-0.2, -0.15) is 0 Å². The van der Waals surface area contributed by atoms with Crippen molar-refractivity contribution in [3.63, 3.8) is 0 Å². The van der Waals surface area contributed by atoms with Crippen LogP contribution in [0.4, 0.5) is 0 Å². The van der Waals surface area contributed by atoms with Gasteiger partial charge in [-0.25, -0.2) is 0 Å². The van der Waals surface area contributed by atoms with Crippen LogP contribution in [0, 0.1) is 0 Å². The Morgan fingerprint density at radius 2 is 1.80 bits per heavy atom. The zero-order valence-electron chi connectivity index (χ0n) is 9.11. The Balaban J connectivity index is 2.02. The maximum absolute atomic E-state index is 5.52. The smallest absolute Gasteiger partial charge is 0.0471 e. The molecule has 2 N–H and O–H groups in total. The standard InChI is InChI=1S/C13H19NO/c14-8-5-11-1-3-12(4-2-11)13-6-9-15-10-7-13/h1-4,13H,5-10,14H2. The van der Waals surface area contributed by atoms with Gasteiger partial charge in [-0.3, -0.25) is 0 Å². The van der Waals surface area contributed by atoms with Gasteiger partial charge in [-0.15, -0.1) is 0 Å². The fourth-order valence-electron chi connectivity index (χ4n) is 2.15. The van der Waals surface area contributed by atoms with E-state index in [9.17, 15) is 0 Å². The summed E-state index contributed by atoms with van der Waals surface area (Å²) in [5.74, 6) is 0.700. The highest BCUT2D eigenvalue weighted by molar-refractivity contribution is 5.25. The van der Waals surface area contributed by atoms with Crippen molar-refractivity contribution in [3.05, 3.63) is 35.4 Å². The van der Waals surface area contributed by atoms with Crippen molar-refractivity contribution in [2.45, 2.75) is 25.2 Å². The lowest BCUT2D eigenvalue weighted by Gasteiger charge is -2.22. The first-order valence-electron chi connectivity index (χ1n) is 5.77. The van der Waals surface area contributed by atoms with Gasteiger partial charge in [0.2, 0.25) is 0 Å². The van der Waals surface area contributed by atoms with Gasteiger partial charge in [0.25, 0.3) is 0 Å². The molecule has 0 atom stereocenters. The molecule has 0 spiro atoms. The van der Waals surface area contributed by atoms with Crippen LogP contribution in [-0.4, -0.2) is 19.8 Å². The van der Waals surface area contributed by atoms with Crippen LogP contribution in [0.5, 0.6) is 0 Å². The highest BCUT2D eigenvalue weighted by Gasteiger charge is 2.15. The van der Waals surface area contributed by atoms with Crippen molar-refractivity contribution >= 4 is 0 Å². The Hall–Kier alpha value is -0.860. The second kappa shape index (κ2) is 5.29. The number of hydrogen-bond acceptors (Lipinski definition) is 2. The minimum Gasteiger partial charge on any atom is -0.381 e. The third-order valence-electron chi connectivity index (χ3n) is 3.11. The fraction of sp³-hybridized carbons (Fsp3) is 0.538. The summed E-state index contributed by atoms with van der Waals surface area (Å²) in [5, 5.41) is 0. The van der Waals surface area contributed by atoms with Crippen LogP contribution >= 0.6 is 0 Å². The summed E-state index contributed by atoms with van der Waals surface area (Å²) in [5.41, 5.74) is 8.32. The van der Waals surface area contributed by atoms with E-state index in [0.717, 1.165) is 39.0 Å². The summed E-state index contributed by atoms with van der Waals surface area (Å²) in [7, 11) is 0. The molecule has 0 saturated carbocycles. The number of rotatable bonds is 3. The van der Waals surface area contributed by atoms with Crippen molar-refractivity contribution in [2.75, 3.05) is 19.8 Å². The van der Waals surface area contributed by atoms with Gasteiger partial charge >= 0.3 is 0 Å². The number of hydrogen-bond donors (Lipinski definition) is 1. The molecule has 0 radical (unpaired) electrons. The van der Waals surface area contributed by atoms with E-state index in [2.05, 4.69) is 24.3 Å². The highest BCUT2D eigenvalue weighted by Crippen LogP contribution is 2.26. The minimum absolute atomic E-state index is 0.700. The zero-order chi connectivity index (χ0) is 10.5.